The van der Waals surface area contributed by atoms with Gasteiger partial charge in [0.1, 0.15) is 11.5 Å². The van der Waals surface area contributed by atoms with Crippen LogP contribution in [0, 0.1) is 5.92 Å². The lowest BCUT2D eigenvalue weighted by Crippen LogP contribution is -2.63. The highest BCUT2D eigenvalue weighted by molar-refractivity contribution is 5.72. The number of nitrogens with zero attached hydrogens (tertiary/aromatic N) is 1. The second kappa shape index (κ2) is 3.59. The number of nitrogens with one attached hydrogen (secondary N) is 2. The Morgan fingerprint density at radius 2 is 2.14 bits per heavy atom. The summed E-state index contributed by atoms with van der Waals surface area (Å²) in [4.78, 5) is 4.07. The maximum atomic E-state index is 6.22. The first-order valence-electron chi connectivity index (χ1n) is 4.98. The molecule has 0 saturated carbocycles. The molecule has 1 unspecified atom stereocenters. The van der Waals surface area contributed by atoms with Crippen molar-refractivity contribution in [3.63, 3.8) is 0 Å². The first-order valence-corrected chi connectivity index (χ1v) is 4.98. The van der Waals surface area contributed by atoms with Crippen LogP contribution in [0.15, 0.2) is 17.0 Å². The highest BCUT2D eigenvalue weighted by Gasteiger charge is 2.35. The Hall–Kier alpha value is -1.07. The molecular formula is C9H17N5. The van der Waals surface area contributed by atoms with Gasteiger partial charge in [0.2, 0.25) is 0 Å². The van der Waals surface area contributed by atoms with E-state index >= 15 is 0 Å². The summed E-state index contributed by atoms with van der Waals surface area (Å²) >= 11 is 0. The van der Waals surface area contributed by atoms with Gasteiger partial charge in [-0.3, -0.25) is 4.99 Å². The van der Waals surface area contributed by atoms with E-state index in [2.05, 4.69) is 15.6 Å². The highest BCUT2D eigenvalue weighted by Crippen LogP contribution is 2.22. The van der Waals surface area contributed by atoms with Crippen molar-refractivity contribution in [1.82, 2.24) is 10.6 Å². The van der Waals surface area contributed by atoms with Crippen LogP contribution < -0.4 is 22.1 Å². The first-order chi connectivity index (χ1) is 6.71. The number of hydrogen-bond acceptors (Lipinski definition) is 5. The molecule has 2 rings (SSSR count). The summed E-state index contributed by atoms with van der Waals surface area (Å²) < 4.78 is 0. The lowest BCUT2D eigenvalue weighted by atomic mass is 9.85. The Morgan fingerprint density at radius 3 is 2.79 bits per heavy atom. The normalized spacial score (nSPS) is 33.6. The molecule has 78 valence electrons. The zero-order valence-electron chi connectivity index (χ0n) is 8.16. The van der Waals surface area contributed by atoms with Crippen molar-refractivity contribution in [3.8, 4) is 0 Å². The molecule has 1 atom stereocenters. The molecule has 5 nitrogen and oxygen atoms in total. The van der Waals surface area contributed by atoms with Crippen LogP contribution in [-0.4, -0.2) is 25.0 Å². The van der Waals surface area contributed by atoms with Gasteiger partial charge in [0.15, 0.2) is 0 Å². The molecule has 0 radical (unpaired) electrons. The number of piperidine rings is 1. The first kappa shape index (κ1) is 9.48. The summed E-state index contributed by atoms with van der Waals surface area (Å²) in [5.41, 5.74) is 11.3. The van der Waals surface area contributed by atoms with Gasteiger partial charge in [0.25, 0.3) is 0 Å². The fraction of sp³-hybridized carbons (Fsp3) is 0.667. The average molecular weight is 195 g/mol. The van der Waals surface area contributed by atoms with Crippen molar-refractivity contribution in [2.24, 2.45) is 22.4 Å². The molecule has 0 bridgehead atoms. The molecule has 0 aliphatic carbocycles. The molecule has 6 N–H and O–H groups in total. The molecule has 14 heavy (non-hydrogen) atoms. The Labute approximate surface area is 83.6 Å². The summed E-state index contributed by atoms with van der Waals surface area (Å²) in [5.74, 6) is 0.952. The van der Waals surface area contributed by atoms with Crippen LogP contribution in [0.25, 0.3) is 0 Å². The van der Waals surface area contributed by atoms with E-state index in [4.69, 9.17) is 11.5 Å². The minimum absolute atomic E-state index is 0.403. The molecule has 5 heteroatoms. The fourth-order valence-corrected chi connectivity index (χ4v) is 2.06. The van der Waals surface area contributed by atoms with Gasteiger partial charge >= 0.3 is 0 Å². The third-order valence-electron chi connectivity index (χ3n) is 2.88. The summed E-state index contributed by atoms with van der Waals surface area (Å²) in [6.07, 6.45) is 5.47. The van der Waals surface area contributed by atoms with E-state index in [0.717, 1.165) is 25.9 Å². The van der Waals surface area contributed by atoms with Crippen LogP contribution in [0.3, 0.4) is 0 Å². The quantitative estimate of drug-likeness (QED) is 0.435. The van der Waals surface area contributed by atoms with Crippen molar-refractivity contribution in [3.05, 3.63) is 12.0 Å². The number of nitrogens with two attached hydrogens (primary N) is 2. The van der Waals surface area contributed by atoms with E-state index in [-0.39, 0.29) is 0 Å². The highest BCUT2D eigenvalue weighted by atomic mass is 15.2. The van der Waals surface area contributed by atoms with Gasteiger partial charge in [0, 0.05) is 12.1 Å². The van der Waals surface area contributed by atoms with E-state index in [1.807, 2.05) is 0 Å². The van der Waals surface area contributed by atoms with Crippen molar-refractivity contribution >= 4 is 6.21 Å². The summed E-state index contributed by atoms with van der Waals surface area (Å²) in [6.45, 7) is 2.03. The maximum absolute atomic E-state index is 6.22. The maximum Gasteiger partial charge on any atom is 0.126 e. The van der Waals surface area contributed by atoms with E-state index in [1.54, 1.807) is 12.4 Å². The van der Waals surface area contributed by atoms with E-state index in [1.165, 1.54) is 0 Å². The zero-order valence-corrected chi connectivity index (χ0v) is 8.16. The van der Waals surface area contributed by atoms with Gasteiger partial charge in [-0.05, 0) is 25.9 Å². The molecule has 0 aromatic heterocycles. The van der Waals surface area contributed by atoms with E-state index in [0.29, 0.717) is 11.7 Å². The summed E-state index contributed by atoms with van der Waals surface area (Å²) in [6, 6.07) is 0. The molecular weight excluding hydrogens is 178 g/mol. The van der Waals surface area contributed by atoms with Crippen molar-refractivity contribution in [1.29, 1.82) is 0 Å². The van der Waals surface area contributed by atoms with Crippen molar-refractivity contribution < 1.29 is 0 Å². The Morgan fingerprint density at radius 1 is 1.43 bits per heavy atom. The van der Waals surface area contributed by atoms with Gasteiger partial charge in [-0.1, -0.05) is 0 Å². The second-order valence-corrected chi connectivity index (χ2v) is 3.94. The molecule has 1 fully saturated rings. The second-order valence-electron chi connectivity index (χ2n) is 3.94. The Kier molecular flexibility index (Phi) is 2.43. The zero-order chi connectivity index (χ0) is 10.0. The van der Waals surface area contributed by atoms with Crippen molar-refractivity contribution in [2.75, 3.05) is 13.1 Å². The topological polar surface area (TPSA) is 88.5 Å². The van der Waals surface area contributed by atoms with Gasteiger partial charge in [-0.15, -0.1) is 0 Å². The van der Waals surface area contributed by atoms with Crippen LogP contribution in [0.5, 0.6) is 0 Å². The van der Waals surface area contributed by atoms with Gasteiger partial charge < -0.3 is 22.1 Å². The number of hydrogen-bond donors (Lipinski definition) is 4. The standard InChI is InChI=1S/C9H17N5/c10-8-5-13-6-9(11,14-8)7-1-3-12-4-2-7/h5-7,12,14H,1-4,10-11H2. The molecule has 0 aromatic rings. The van der Waals surface area contributed by atoms with Crippen LogP contribution in [0.4, 0.5) is 0 Å². The van der Waals surface area contributed by atoms with E-state index in [9.17, 15) is 0 Å². The molecule has 0 amide bonds. The molecule has 0 aromatic carbocycles. The molecule has 1 saturated heterocycles. The minimum atomic E-state index is -0.555. The summed E-state index contributed by atoms with van der Waals surface area (Å²) in [7, 11) is 0. The van der Waals surface area contributed by atoms with Crippen LogP contribution >= 0.6 is 0 Å². The third-order valence-corrected chi connectivity index (χ3v) is 2.88. The monoisotopic (exact) mass is 195 g/mol. The van der Waals surface area contributed by atoms with Crippen molar-refractivity contribution in [2.45, 2.75) is 18.5 Å². The predicted molar refractivity (Wildman–Crippen MR) is 56.4 cm³/mol. The number of rotatable bonds is 1. The molecule has 2 aliphatic heterocycles. The summed E-state index contributed by atoms with van der Waals surface area (Å²) in [5, 5.41) is 6.41. The third kappa shape index (κ3) is 1.73. The fourth-order valence-electron chi connectivity index (χ4n) is 2.06. The Balaban J connectivity index is 2.08. The molecule has 2 aliphatic rings. The number of aliphatic imine (C=N–C) groups is 1. The average Bonchev–Trinajstić information content (AvgIpc) is 2.19. The largest absolute Gasteiger partial charge is 0.384 e. The Bertz CT molecular complexity index is 266. The smallest absolute Gasteiger partial charge is 0.126 e. The van der Waals surface area contributed by atoms with Gasteiger partial charge in [-0.2, -0.15) is 0 Å². The van der Waals surface area contributed by atoms with Gasteiger partial charge in [-0.25, -0.2) is 0 Å². The van der Waals surface area contributed by atoms with E-state index < -0.39 is 5.66 Å². The van der Waals surface area contributed by atoms with Crippen LogP contribution in [0.2, 0.25) is 0 Å². The molecule has 2 heterocycles. The van der Waals surface area contributed by atoms with Crippen LogP contribution in [-0.2, 0) is 0 Å². The SMILES string of the molecule is NC1=CN=CC(N)(C2CCNCC2)N1. The van der Waals surface area contributed by atoms with Crippen LogP contribution in [0.1, 0.15) is 12.8 Å². The lowest BCUT2D eigenvalue weighted by molar-refractivity contribution is 0.251. The molecule has 0 spiro atoms. The lowest BCUT2D eigenvalue weighted by Gasteiger charge is -2.39. The minimum Gasteiger partial charge on any atom is -0.384 e. The predicted octanol–water partition coefficient (Wildman–Crippen LogP) is -0.927. The van der Waals surface area contributed by atoms with Gasteiger partial charge in [0.05, 0.1) is 6.20 Å².